The number of nitrogens with two attached hydrogens (primary N) is 2. The van der Waals surface area contributed by atoms with Gasteiger partial charge in [0.2, 0.25) is 0 Å². The molecule has 3 aromatic rings. The molecule has 6 N–H and O–H groups in total. The van der Waals surface area contributed by atoms with Crippen LogP contribution in [0.1, 0.15) is 10.5 Å². The van der Waals surface area contributed by atoms with Crippen LogP contribution in [0.3, 0.4) is 0 Å². The van der Waals surface area contributed by atoms with Gasteiger partial charge in [-0.2, -0.15) is 5.10 Å². The number of aromatic amines is 1. The number of nitrogen functional groups attached to an aromatic ring is 2. The molecule has 0 saturated carbocycles. The molecule has 0 aliphatic rings. The Balaban J connectivity index is 1.88. The van der Waals surface area contributed by atoms with E-state index in [1.54, 1.807) is 18.3 Å². The number of amides is 1. The van der Waals surface area contributed by atoms with Gasteiger partial charge in [0.05, 0.1) is 11.9 Å². The number of anilines is 3. The smallest absolute Gasteiger partial charge is 0.277 e. The predicted molar refractivity (Wildman–Crippen MR) is 80.7 cm³/mol. The van der Waals surface area contributed by atoms with Gasteiger partial charge in [0.25, 0.3) is 5.91 Å². The molecule has 0 bridgehead atoms. The molecule has 0 saturated heterocycles. The molecular formula is C12H11N7OS. The van der Waals surface area contributed by atoms with Crippen LogP contribution < -0.4 is 16.8 Å². The van der Waals surface area contributed by atoms with Gasteiger partial charge in [-0.25, -0.2) is 4.98 Å². The van der Waals surface area contributed by atoms with Crippen LogP contribution in [0.15, 0.2) is 30.6 Å². The summed E-state index contributed by atoms with van der Waals surface area (Å²) in [6.07, 6.45) is 3.06. The van der Waals surface area contributed by atoms with E-state index in [0.29, 0.717) is 21.4 Å². The Bertz CT molecular complexity index is 780. The lowest BCUT2D eigenvalue weighted by Gasteiger charge is -2.01. The lowest BCUT2D eigenvalue weighted by molar-refractivity contribution is 0.102. The Kier molecular flexibility index (Phi) is 3.24. The Morgan fingerprint density at radius 3 is 2.86 bits per heavy atom. The summed E-state index contributed by atoms with van der Waals surface area (Å²) in [6, 6.07) is 5.44. The van der Waals surface area contributed by atoms with E-state index in [0.717, 1.165) is 0 Å². The molecule has 0 spiro atoms. The fourth-order valence-electron chi connectivity index (χ4n) is 1.67. The van der Waals surface area contributed by atoms with E-state index in [4.69, 9.17) is 11.5 Å². The molecule has 0 unspecified atom stereocenters. The van der Waals surface area contributed by atoms with E-state index in [1.165, 1.54) is 17.5 Å². The van der Waals surface area contributed by atoms with Crippen LogP contribution in [0, 0.1) is 0 Å². The fourth-order valence-corrected chi connectivity index (χ4v) is 2.48. The van der Waals surface area contributed by atoms with Crippen LogP contribution in [0.5, 0.6) is 0 Å². The first-order valence-electron chi connectivity index (χ1n) is 5.93. The van der Waals surface area contributed by atoms with Gasteiger partial charge in [0.15, 0.2) is 5.69 Å². The molecule has 0 fully saturated rings. The summed E-state index contributed by atoms with van der Waals surface area (Å²) in [7, 11) is 0. The SMILES string of the molecule is Nc1[nH]ncc1NC(=O)c1nc(-c2ccccn2)sc1N. The summed E-state index contributed by atoms with van der Waals surface area (Å²) in [5, 5.41) is 9.74. The zero-order valence-electron chi connectivity index (χ0n) is 10.7. The maximum absolute atomic E-state index is 12.2. The molecule has 3 rings (SSSR count). The second kappa shape index (κ2) is 5.21. The summed E-state index contributed by atoms with van der Waals surface area (Å²) in [4.78, 5) is 20.6. The lowest BCUT2D eigenvalue weighted by Crippen LogP contribution is -2.14. The second-order valence-electron chi connectivity index (χ2n) is 4.10. The summed E-state index contributed by atoms with van der Waals surface area (Å²) in [5.74, 6) is -0.180. The molecule has 1 amide bonds. The van der Waals surface area contributed by atoms with Gasteiger partial charge in [-0.3, -0.25) is 14.9 Å². The minimum Gasteiger partial charge on any atom is -0.389 e. The first-order chi connectivity index (χ1) is 10.1. The van der Waals surface area contributed by atoms with Crippen LogP contribution >= 0.6 is 11.3 Å². The highest BCUT2D eigenvalue weighted by Crippen LogP contribution is 2.29. The topological polar surface area (TPSA) is 136 Å². The number of carbonyl (C=O) groups is 1. The van der Waals surface area contributed by atoms with Crippen molar-refractivity contribution in [3.63, 3.8) is 0 Å². The Labute approximate surface area is 123 Å². The largest absolute Gasteiger partial charge is 0.389 e. The Hall–Kier alpha value is -2.94. The molecule has 3 heterocycles. The molecule has 3 aromatic heterocycles. The number of pyridine rings is 1. The average Bonchev–Trinajstić information content (AvgIpc) is 3.06. The van der Waals surface area contributed by atoms with Crippen molar-refractivity contribution in [1.29, 1.82) is 0 Å². The number of rotatable bonds is 3. The second-order valence-corrected chi connectivity index (χ2v) is 5.13. The summed E-state index contributed by atoms with van der Waals surface area (Å²) >= 11 is 1.20. The van der Waals surface area contributed by atoms with E-state index < -0.39 is 5.91 Å². The quantitative estimate of drug-likeness (QED) is 0.576. The molecule has 0 aromatic carbocycles. The predicted octanol–water partition coefficient (Wildman–Crippen LogP) is 1.34. The molecule has 0 radical (unpaired) electrons. The van der Waals surface area contributed by atoms with Gasteiger partial charge in [-0.15, -0.1) is 0 Å². The van der Waals surface area contributed by atoms with Gasteiger partial charge in [-0.05, 0) is 12.1 Å². The van der Waals surface area contributed by atoms with Crippen molar-refractivity contribution < 1.29 is 4.79 Å². The van der Waals surface area contributed by atoms with Gasteiger partial charge in [0, 0.05) is 6.20 Å². The average molecular weight is 301 g/mol. The summed E-state index contributed by atoms with van der Waals surface area (Å²) in [6.45, 7) is 0. The molecule has 8 nitrogen and oxygen atoms in total. The van der Waals surface area contributed by atoms with Gasteiger partial charge in [-0.1, -0.05) is 17.4 Å². The number of aromatic nitrogens is 4. The van der Waals surface area contributed by atoms with Crippen LogP contribution in [0.2, 0.25) is 0 Å². The maximum Gasteiger partial charge on any atom is 0.277 e. The van der Waals surface area contributed by atoms with Crippen LogP contribution in [0.25, 0.3) is 10.7 Å². The van der Waals surface area contributed by atoms with E-state index >= 15 is 0 Å². The molecule has 0 atom stereocenters. The van der Waals surface area contributed by atoms with Crippen LogP contribution in [-0.4, -0.2) is 26.1 Å². The van der Waals surface area contributed by atoms with Crippen molar-refractivity contribution in [2.75, 3.05) is 16.8 Å². The third-order valence-electron chi connectivity index (χ3n) is 2.67. The molecule has 0 aliphatic heterocycles. The molecule has 106 valence electrons. The molecule has 21 heavy (non-hydrogen) atoms. The maximum atomic E-state index is 12.2. The zero-order valence-corrected chi connectivity index (χ0v) is 11.5. The highest BCUT2D eigenvalue weighted by Gasteiger charge is 2.18. The highest BCUT2D eigenvalue weighted by molar-refractivity contribution is 7.19. The number of hydrogen-bond donors (Lipinski definition) is 4. The van der Waals surface area contributed by atoms with Crippen LogP contribution in [0.4, 0.5) is 16.5 Å². The van der Waals surface area contributed by atoms with E-state index in [9.17, 15) is 4.79 Å². The van der Waals surface area contributed by atoms with Gasteiger partial charge < -0.3 is 16.8 Å². The van der Waals surface area contributed by atoms with Crippen molar-refractivity contribution in [2.24, 2.45) is 0 Å². The van der Waals surface area contributed by atoms with Crippen molar-refractivity contribution in [2.45, 2.75) is 0 Å². The number of H-pyrrole nitrogens is 1. The van der Waals surface area contributed by atoms with E-state index in [-0.39, 0.29) is 11.5 Å². The minimum atomic E-state index is -0.445. The molecule has 9 heteroatoms. The third-order valence-corrected chi connectivity index (χ3v) is 3.58. The lowest BCUT2D eigenvalue weighted by atomic mass is 10.3. The van der Waals surface area contributed by atoms with E-state index in [1.807, 2.05) is 6.07 Å². The van der Waals surface area contributed by atoms with Gasteiger partial charge in [0.1, 0.15) is 21.5 Å². The Morgan fingerprint density at radius 2 is 2.19 bits per heavy atom. The summed E-state index contributed by atoms with van der Waals surface area (Å²) in [5.41, 5.74) is 12.7. The minimum absolute atomic E-state index is 0.140. The number of nitrogens with zero attached hydrogens (tertiary/aromatic N) is 3. The van der Waals surface area contributed by atoms with Crippen molar-refractivity contribution >= 4 is 33.8 Å². The molecule has 0 aliphatic carbocycles. The van der Waals surface area contributed by atoms with Crippen molar-refractivity contribution in [3.05, 3.63) is 36.3 Å². The molecular weight excluding hydrogens is 290 g/mol. The van der Waals surface area contributed by atoms with Gasteiger partial charge >= 0.3 is 0 Å². The normalized spacial score (nSPS) is 10.5. The first-order valence-corrected chi connectivity index (χ1v) is 6.74. The number of carbonyl (C=O) groups excluding carboxylic acids is 1. The highest BCUT2D eigenvalue weighted by atomic mass is 32.1. The fraction of sp³-hybridized carbons (Fsp3) is 0. The Morgan fingerprint density at radius 1 is 1.33 bits per heavy atom. The standard InChI is InChI=1S/C12H11N7OS/c13-9-7(5-16-19-9)17-11(20)8-10(14)21-12(18-8)6-3-1-2-4-15-6/h1-5H,14H2,(H,17,20)(H3,13,16,19). The first kappa shape index (κ1) is 13.1. The van der Waals surface area contributed by atoms with Crippen molar-refractivity contribution in [1.82, 2.24) is 20.2 Å². The monoisotopic (exact) mass is 301 g/mol. The summed E-state index contributed by atoms with van der Waals surface area (Å²) < 4.78 is 0. The number of thiazole rings is 1. The zero-order chi connectivity index (χ0) is 14.8. The number of hydrogen-bond acceptors (Lipinski definition) is 7. The van der Waals surface area contributed by atoms with Crippen LogP contribution in [-0.2, 0) is 0 Å². The van der Waals surface area contributed by atoms with E-state index in [2.05, 4.69) is 25.5 Å². The number of nitrogens with one attached hydrogen (secondary N) is 2. The van der Waals surface area contributed by atoms with Crippen molar-refractivity contribution in [3.8, 4) is 10.7 Å². The third kappa shape index (κ3) is 2.54.